The molecule has 0 radical (unpaired) electrons. The summed E-state index contributed by atoms with van der Waals surface area (Å²) in [5, 5.41) is 6.50. The molecular weight excluding hydrogens is 366 g/mol. The van der Waals surface area contributed by atoms with Crippen LogP contribution < -0.4 is 10.6 Å². The first-order chi connectivity index (χ1) is 13.0. The topological polar surface area (TPSA) is 89.0 Å². The van der Waals surface area contributed by atoms with E-state index < -0.39 is 9.84 Å². The van der Waals surface area contributed by atoms with E-state index in [0.29, 0.717) is 17.4 Å². The van der Waals surface area contributed by atoms with Gasteiger partial charge >= 0.3 is 0 Å². The van der Waals surface area contributed by atoms with Crippen molar-refractivity contribution in [1.82, 2.24) is 10.6 Å². The molecule has 0 saturated carbocycles. The lowest BCUT2D eigenvalue weighted by Crippen LogP contribution is -2.38. The van der Waals surface area contributed by atoms with Crippen molar-refractivity contribution in [1.29, 1.82) is 0 Å². The summed E-state index contributed by atoms with van der Waals surface area (Å²) < 4.78 is 34.0. The number of nitrogens with zero attached hydrogens (tertiary/aromatic N) is 1. The second-order valence-electron chi connectivity index (χ2n) is 6.70. The minimum Gasteiger partial charge on any atom is -0.381 e. The van der Waals surface area contributed by atoms with Crippen LogP contribution in [-0.2, 0) is 25.9 Å². The second-order valence-corrected chi connectivity index (χ2v) is 8.71. The molecule has 1 aliphatic rings. The third-order valence-corrected chi connectivity index (χ3v) is 5.38. The van der Waals surface area contributed by atoms with Gasteiger partial charge in [0.25, 0.3) is 0 Å². The molecule has 0 bridgehead atoms. The van der Waals surface area contributed by atoms with E-state index in [-0.39, 0.29) is 0 Å². The number of nitrogens with one attached hydrogen (secondary N) is 2. The summed E-state index contributed by atoms with van der Waals surface area (Å²) in [6.07, 6.45) is 3.21. The van der Waals surface area contributed by atoms with Crippen LogP contribution in [0.15, 0.2) is 34.2 Å². The molecule has 8 heteroatoms. The third kappa shape index (κ3) is 8.28. The van der Waals surface area contributed by atoms with Gasteiger partial charge < -0.3 is 20.1 Å². The molecule has 0 aliphatic carbocycles. The van der Waals surface area contributed by atoms with Gasteiger partial charge in [-0.15, -0.1) is 0 Å². The van der Waals surface area contributed by atoms with Crippen LogP contribution in [0.3, 0.4) is 0 Å². The molecule has 1 saturated heterocycles. The predicted molar refractivity (Wildman–Crippen MR) is 107 cm³/mol. The van der Waals surface area contributed by atoms with Gasteiger partial charge in [-0.3, -0.25) is 0 Å². The number of sulfone groups is 1. The number of aliphatic imine (C=N–C) groups is 1. The largest absolute Gasteiger partial charge is 0.381 e. The zero-order valence-electron chi connectivity index (χ0n) is 16.2. The van der Waals surface area contributed by atoms with E-state index >= 15 is 0 Å². The van der Waals surface area contributed by atoms with Crippen molar-refractivity contribution in [2.45, 2.75) is 31.2 Å². The molecular formula is C19H31N3O4S. The first-order valence-electron chi connectivity index (χ1n) is 9.45. The average molecular weight is 398 g/mol. The van der Waals surface area contributed by atoms with Gasteiger partial charge in [-0.2, -0.15) is 0 Å². The Morgan fingerprint density at radius 3 is 2.70 bits per heavy atom. The van der Waals surface area contributed by atoms with E-state index in [9.17, 15) is 8.42 Å². The highest BCUT2D eigenvalue weighted by molar-refractivity contribution is 7.90. The number of hydrogen-bond donors (Lipinski definition) is 2. The molecule has 1 atom stereocenters. The molecule has 1 heterocycles. The molecule has 1 aromatic rings. The van der Waals surface area contributed by atoms with Crippen molar-refractivity contribution in [2.24, 2.45) is 10.9 Å². The number of guanidine groups is 1. The van der Waals surface area contributed by atoms with Crippen LogP contribution in [0.2, 0.25) is 0 Å². The summed E-state index contributed by atoms with van der Waals surface area (Å²) in [6, 6.07) is 6.83. The zero-order chi connectivity index (χ0) is 19.5. The maximum atomic E-state index is 11.5. The minimum absolute atomic E-state index is 0.324. The number of rotatable bonds is 10. The van der Waals surface area contributed by atoms with Gasteiger partial charge in [-0.1, -0.05) is 12.1 Å². The second kappa shape index (κ2) is 11.3. The van der Waals surface area contributed by atoms with Crippen LogP contribution in [0.25, 0.3) is 0 Å². The fourth-order valence-corrected chi connectivity index (χ4v) is 3.33. The van der Waals surface area contributed by atoms with Crippen LogP contribution >= 0.6 is 0 Å². The summed E-state index contributed by atoms with van der Waals surface area (Å²) in [4.78, 5) is 4.87. The highest BCUT2D eigenvalue weighted by Crippen LogP contribution is 2.12. The molecule has 2 rings (SSSR count). The Morgan fingerprint density at radius 1 is 1.30 bits per heavy atom. The number of ether oxygens (including phenoxy) is 2. The Balaban J connectivity index is 1.71. The van der Waals surface area contributed by atoms with E-state index in [4.69, 9.17) is 9.47 Å². The zero-order valence-corrected chi connectivity index (χ0v) is 17.1. The van der Waals surface area contributed by atoms with Crippen molar-refractivity contribution < 1.29 is 17.9 Å². The molecule has 1 unspecified atom stereocenters. The van der Waals surface area contributed by atoms with Crippen molar-refractivity contribution in [3.05, 3.63) is 29.8 Å². The summed E-state index contributed by atoms with van der Waals surface area (Å²) in [5.41, 5.74) is 0.960. The Hall–Kier alpha value is -1.64. The molecule has 1 fully saturated rings. The Labute approximate surface area is 162 Å². The molecule has 2 N–H and O–H groups in total. The third-order valence-electron chi connectivity index (χ3n) is 4.25. The molecule has 1 aliphatic heterocycles. The van der Waals surface area contributed by atoms with Gasteiger partial charge in [0, 0.05) is 38.5 Å². The summed E-state index contributed by atoms with van der Waals surface area (Å²) in [5.74, 6) is 1.29. The van der Waals surface area contributed by atoms with E-state index in [1.807, 2.05) is 6.92 Å². The van der Waals surface area contributed by atoms with Crippen LogP contribution in [0, 0.1) is 5.92 Å². The highest BCUT2D eigenvalue weighted by atomic mass is 32.2. The average Bonchev–Trinajstić information content (AvgIpc) is 3.15. The van der Waals surface area contributed by atoms with Crippen LogP contribution in [0.4, 0.5) is 0 Å². The van der Waals surface area contributed by atoms with Gasteiger partial charge in [0.05, 0.1) is 24.7 Å². The molecule has 0 spiro atoms. The fraction of sp³-hybridized carbons (Fsp3) is 0.632. The standard InChI is InChI=1S/C19H31N3O4S/c1-3-20-19(21-10-4-11-25-14-17-9-12-26-15-17)22-13-16-5-7-18(8-6-16)27(2,23)24/h5-8,17H,3-4,9-15H2,1-2H3,(H2,20,21,22). The SMILES string of the molecule is CCNC(=NCc1ccc(S(C)(=O)=O)cc1)NCCCOCC1CCOC1. The monoisotopic (exact) mass is 397 g/mol. The van der Waals surface area contributed by atoms with Crippen molar-refractivity contribution in [3.63, 3.8) is 0 Å². The Kier molecular flexibility index (Phi) is 9.03. The quantitative estimate of drug-likeness (QED) is 0.354. The Morgan fingerprint density at radius 2 is 2.07 bits per heavy atom. The van der Waals surface area contributed by atoms with Gasteiger partial charge in [0.1, 0.15) is 0 Å². The van der Waals surface area contributed by atoms with Crippen LogP contribution in [0.1, 0.15) is 25.3 Å². The van der Waals surface area contributed by atoms with E-state index in [1.165, 1.54) is 6.26 Å². The van der Waals surface area contributed by atoms with Gasteiger partial charge in [0.2, 0.25) is 0 Å². The van der Waals surface area contributed by atoms with Crippen molar-refractivity contribution >= 4 is 15.8 Å². The molecule has 27 heavy (non-hydrogen) atoms. The van der Waals surface area contributed by atoms with E-state index in [1.54, 1.807) is 24.3 Å². The maximum Gasteiger partial charge on any atom is 0.191 e. The normalized spacial score (nSPS) is 17.9. The predicted octanol–water partition coefficient (Wildman–Crippen LogP) is 1.59. The fourth-order valence-electron chi connectivity index (χ4n) is 2.70. The Bertz CT molecular complexity index is 683. The lowest BCUT2D eigenvalue weighted by Gasteiger charge is -2.12. The molecule has 0 amide bonds. The number of benzene rings is 1. The lowest BCUT2D eigenvalue weighted by atomic mass is 10.1. The van der Waals surface area contributed by atoms with Gasteiger partial charge in [0.15, 0.2) is 15.8 Å². The summed E-state index contributed by atoms with van der Waals surface area (Å²) >= 11 is 0. The molecule has 7 nitrogen and oxygen atoms in total. The minimum atomic E-state index is -3.16. The van der Waals surface area contributed by atoms with Crippen LogP contribution in [-0.4, -0.2) is 60.2 Å². The van der Waals surface area contributed by atoms with E-state index in [2.05, 4.69) is 15.6 Å². The van der Waals surface area contributed by atoms with Gasteiger partial charge in [-0.05, 0) is 37.5 Å². The maximum absolute atomic E-state index is 11.5. The number of hydrogen-bond acceptors (Lipinski definition) is 5. The summed E-state index contributed by atoms with van der Waals surface area (Å²) in [7, 11) is -3.16. The van der Waals surface area contributed by atoms with E-state index in [0.717, 1.165) is 63.9 Å². The molecule has 1 aromatic carbocycles. The first-order valence-corrected chi connectivity index (χ1v) is 11.3. The first kappa shape index (κ1) is 21.7. The van der Waals surface area contributed by atoms with Crippen LogP contribution in [0.5, 0.6) is 0 Å². The lowest BCUT2D eigenvalue weighted by molar-refractivity contribution is 0.0888. The summed E-state index contributed by atoms with van der Waals surface area (Å²) in [6.45, 7) is 7.22. The molecule has 0 aromatic heterocycles. The highest BCUT2D eigenvalue weighted by Gasteiger charge is 2.15. The van der Waals surface area contributed by atoms with Crippen molar-refractivity contribution in [3.8, 4) is 0 Å². The van der Waals surface area contributed by atoms with Gasteiger partial charge in [-0.25, -0.2) is 13.4 Å². The molecule has 152 valence electrons. The smallest absolute Gasteiger partial charge is 0.191 e. The van der Waals surface area contributed by atoms with Crippen molar-refractivity contribution in [2.75, 3.05) is 45.8 Å².